The van der Waals surface area contributed by atoms with E-state index in [9.17, 15) is 22.0 Å². The van der Waals surface area contributed by atoms with Gasteiger partial charge in [0.1, 0.15) is 4.90 Å². The van der Waals surface area contributed by atoms with E-state index in [1.165, 1.54) is 34.8 Å². The fourth-order valence-corrected chi connectivity index (χ4v) is 5.33. The Labute approximate surface area is 182 Å². The lowest BCUT2D eigenvalue weighted by Crippen LogP contribution is -2.35. The Hall–Kier alpha value is -2.44. The van der Waals surface area contributed by atoms with Gasteiger partial charge >= 0.3 is 6.29 Å². The van der Waals surface area contributed by atoms with Crippen LogP contribution in [-0.2, 0) is 14.8 Å². The number of sulfonamides is 1. The number of nitrogens with zero attached hydrogens (tertiary/aromatic N) is 2. The number of carbonyl (C=O) groups is 1. The zero-order valence-electron chi connectivity index (χ0n) is 16.2. The van der Waals surface area contributed by atoms with E-state index in [1.54, 1.807) is 6.07 Å². The summed E-state index contributed by atoms with van der Waals surface area (Å²) in [5.74, 6) is -0.665. The molecule has 0 aliphatic carbocycles. The highest BCUT2D eigenvalue weighted by Crippen LogP contribution is 2.42. The molecule has 1 saturated heterocycles. The molecule has 8 nitrogen and oxygen atoms in total. The second kappa shape index (κ2) is 8.60. The van der Waals surface area contributed by atoms with Gasteiger partial charge in [-0.25, -0.2) is 13.4 Å². The van der Waals surface area contributed by atoms with Gasteiger partial charge in [0.25, 0.3) is 0 Å². The Morgan fingerprint density at radius 3 is 2.58 bits per heavy atom. The summed E-state index contributed by atoms with van der Waals surface area (Å²) in [6.07, 6.45) is 0.298. The van der Waals surface area contributed by atoms with Crippen LogP contribution in [0.5, 0.6) is 11.5 Å². The monoisotopic (exact) mass is 471 g/mol. The van der Waals surface area contributed by atoms with Crippen LogP contribution in [0.15, 0.2) is 46.5 Å². The Bertz CT molecular complexity index is 1070. The van der Waals surface area contributed by atoms with Gasteiger partial charge in [0.2, 0.25) is 15.9 Å². The average molecular weight is 472 g/mol. The molecular formula is C19H19F2N3O5S2. The first-order chi connectivity index (χ1) is 14.7. The fourth-order valence-electron chi connectivity index (χ4n) is 3.22. The van der Waals surface area contributed by atoms with E-state index in [4.69, 9.17) is 0 Å². The molecule has 1 amide bonds. The number of hydrogen-bond acceptors (Lipinski definition) is 7. The van der Waals surface area contributed by atoms with Crippen molar-refractivity contribution in [2.45, 2.75) is 35.5 Å². The summed E-state index contributed by atoms with van der Waals surface area (Å²) in [7, 11) is -3.56. The lowest BCUT2D eigenvalue weighted by Gasteiger charge is -2.25. The number of hydrogen-bond donors (Lipinski definition) is 1. The Morgan fingerprint density at radius 2 is 1.87 bits per heavy atom. The average Bonchev–Trinajstić information content (AvgIpc) is 3.06. The standard InChI is InChI=1S/C19H19F2N3O5S2/c20-19(21)28-15-6-4-13(10-16(15)29-19)23-17(25)12-30-18-7-5-14(11-22-18)31(26,27)24-8-2-1-3-9-24/h4-7,10-11H,1-3,8-9,12H2,(H,23,25). The maximum atomic E-state index is 13.1. The molecule has 1 fully saturated rings. The summed E-state index contributed by atoms with van der Waals surface area (Å²) in [6, 6.07) is 6.98. The number of halogens is 2. The Morgan fingerprint density at radius 1 is 1.13 bits per heavy atom. The number of piperidine rings is 1. The highest BCUT2D eigenvalue weighted by atomic mass is 32.2. The van der Waals surface area contributed by atoms with Gasteiger partial charge in [-0.2, -0.15) is 4.31 Å². The maximum absolute atomic E-state index is 13.1. The molecule has 0 radical (unpaired) electrons. The molecule has 0 bridgehead atoms. The summed E-state index contributed by atoms with van der Waals surface area (Å²) in [5.41, 5.74) is 0.279. The van der Waals surface area contributed by atoms with Crippen LogP contribution in [-0.4, -0.2) is 48.8 Å². The first-order valence-electron chi connectivity index (χ1n) is 9.52. The number of rotatable bonds is 6. The fraction of sp³-hybridized carbons (Fsp3) is 0.368. The van der Waals surface area contributed by atoms with Crippen molar-refractivity contribution in [3.05, 3.63) is 36.5 Å². The van der Waals surface area contributed by atoms with Crippen molar-refractivity contribution >= 4 is 33.4 Å². The van der Waals surface area contributed by atoms with Crippen LogP contribution >= 0.6 is 11.8 Å². The van der Waals surface area contributed by atoms with Crippen molar-refractivity contribution in [3.8, 4) is 11.5 Å². The van der Waals surface area contributed by atoms with E-state index in [1.807, 2.05) is 0 Å². The lowest BCUT2D eigenvalue weighted by molar-refractivity contribution is -0.286. The molecule has 0 unspecified atom stereocenters. The topological polar surface area (TPSA) is 97.8 Å². The molecular weight excluding hydrogens is 452 g/mol. The number of thioether (sulfide) groups is 1. The number of carbonyl (C=O) groups excluding carboxylic acids is 1. The molecule has 31 heavy (non-hydrogen) atoms. The van der Waals surface area contributed by atoms with E-state index in [0.29, 0.717) is 18.1 Å². The number of anilines is 1. The quantitative estimate of drug-likeness (QED) is 0.646. The number of benzene rings is 1. The van der Waals surface area contributed by atoms with Gasteiger partial charge in [0.05, 0.1) is 10.8 Å². The van der Waals surface area contributed by atoms with Crippen LogP contribution < -0.4 is 14.8 Å². The van der Waals surface area contributed by atoms with Crippen LogP contribution in [0, 0.1) is 0 Å². The molecule has 166 valence electrons. The van der Waals surface area contributed by atoms with E-state index in [-0.39, 0.29) is 33.7 Å². The molecule has 2 aromatic rings. The Kier molecular flexibility index (Phi) is 6.04. The number of ether oxygens (including phenoxy) is 2. The van der Waals surface area contributed by atoms with Gasteiger partial charge < -0.3 is 14.8 Å². The summed E-state index contributed by atoms with van der Waals surface area (Å²) >= 11 is 1.12. The molecule has 3 heterocycles. The molecule has 2 aliphatic heterocycles. The van der Waals surface area contributed by atoms with Crippen LogP contribution in [0.25, 0.3) is 0 Å². The molecule has 1 aromatic heterocycles. The van der Waals surface area contributed by atoms with Gasteiger partial charge in [0.15, 0.2) is 11.5 Å². The molecule has 0 atom stereocenters. The van der Waals surface area contributed by atoms with Gasteiger partial charge in [-0.3, -0.25) is 4.79 Å². The van der Waals surface area contributed by atoms with Crippen molar-refractivity contribution < 1.29 is 31.5 Å². The summed E-state index contributed by atoms with van der Waals surface area (Å²) < 4.78 is 61.5. The third-order valence-electron chi connectivity index (χ3n) is 4.70. The normalized spacial score (nSPS) is 18.0. The smallest absolute Gasteiger partial charge is 0.395 e. The zero-order valence-corrected chi connectivity index (χ0v) is 17.8. The van der Waals surface area contributed by atoms with Crippen LogP contribution in [0.3, 0.4) is 0 Å². The van der Waals surface area contributed by atoms with E-state index in [0.717, 1.165) is 31.0 Å². The minimum atomic E-state index is -3.72. The first kappa shape index (κ1) is 21.8. The maximum Gasteiger partial charge on any atom is 0.586 e. The predicted octanol–water partition coefficient (Wildman–Crippen LogP) is 3.31. The SMILES string of the molecule is O=C(CSc1ccc(S(=O)(=O)N2CCCCC2)cn1)Nc1ccc2c(c1)OC(F)(F)O2. The van der Waals surface area contributed by atoms with Gasteiger partial charge in [-0.05, 0) is 37.1 Å². The number of amides is 1. The summed E-state index contributed by atoms with van der Waals surface area (Å²) in [6.45, 7) is 1.02. The van der Waals surface area contributed by atoms with Gasteiger partial charge in [-0.15, -0.1) is 8.78 Å². The molecule has 0 saturated carbocycles. The summed E-state index contributed by atoms with van der Waals surface area (Å²) in [5, 5.41) is 3.06. The van der Waals surface area contributed by atoms with Crippen molar-refractivity contribution in [1.29, 1.82) is 0 Å². The Balaban J connectivity index is 1.32. The van der Waals surface area contributed by atoms with Gasteiger partial charge in [0, 0.05) is 31.0 Å². The predicted molar refractivity (Wildman–Crippen MR) is 109 cm³/mol. The number of pyridine rings is 1. The van der Waals surface area contributed by atoms with Crippen molar-refractivity contribution in [1.82, 2.24) is 9.29 Å². The van der Waals surface area contributed by atoms with Crippen LogP contribution in [0.2, 0.25) is 0 Å². The third kappa shape index (κ3) is 5.08. The second-order valence-electron chi connectivity index (χ2n) is 6.96. The van der Waals surface area contributed by atoms with Crippen molar-refractivity contribution in [3.63, 3.8) is 0 Å². The molecule has 12 heteroatoms. The molecule has 1 N–H and O–H groups in total. The number of alkyl halides is 2. The van der Waals surface area contributed by atoms with Crippen LogP contribution in [0.4, 0.5) is 14.5 Å². The number of nitrogens with one attached hydrogen (secondary N) is 1. The largest absolute Gasteiger partial charge is 0.586 e. The molecule has 2 aliphatic rings. The van der Waals surface area contributed by atoms with E-state index >= 15 is 0 Å². The minimum Gasteiger partial charge on any atom is -0.395 e. The molecule has 4 rings (SSSR count). The second-order valence-corrected chi connectivity index (χ2v) is 9.90. The minimum absolute atomic E-state index is 0.00414. The first-order valence-corrected chi connectivity index (χ1v) is 11.9. The number of fused-ring (bicyclic) bond motifs is 1. The number of aromatic nitrogens is 1. The summed E-state index contributed by atoms with van der Waals surface area (Å²) in [4.78, 5) is 16.4. The van der Waals surface area contributed by atoms with E-state index < -0.39 is 16.3 Å². The van der Waals surface area contributed by atoms with Crippen LogP contribution in [0.1, 0.15) is 19.3 Å². The van der Waals surface area contributed by atoms with Crippen molar-refractivity contribution in [2.75, 3.05) is 24.2 Å². The van der Waals surface area contributed by atoms with Crippen molar-refractivity contribution in [2.24, 2.45) is 0 Å². The zero-order chi connectivity index (χ0) is 22.1. The third-order valence-corrected chi connectivity index (χ3v) is 7.52. The molecule has 0 spiro atoms. The lowest BCUT2D eigenvalue weighted by atomic mass is 10.2. The molecule has 1 aromatic carbocycles. The van der Waals surface area contributed by atoms with Gasteiger partial charge in [-0.1, -0.05) is 18.2 Å². The highest BCUT2D eigenvalue weighted by Gasteiger charge is 2.43. The van der Waals surface area contributed by atoms with E-state index in [2.05, 4.69) is 19.8 Å². The highest BCUT2D eigenvalue weighted by molar-refractivity contribution is 7.99.